The Morgan fingerprint density at radius 1 is 1.37 bits per heavy atom. The molecule has 19 heavy (non-hydrogen) atoms. The van der Waals surface area contributed by atoms with E-state index in [1.54, 1.807) is 18.2 Å². The van der Waals surface area contributed by atoms with Crippen LogP contribution in [0.3, 0.4) is 0 Å². The Kier molecular flexibility index (Phi) is 3.08. The van der Waals surface area contributed by atoms with E-state index in [1.165, 1.54) is 7.11 Å². The summed E-state index contributed by atoms with van der Waals surface area (Å²) in [7, 11) is 1.35. The Balaban J connectivity index is 2.02. The zero-order valence-electron chi connectivity index (χ0n) is 10.6. The molecule has 6 heteroatoms. The fraction of sp³-hybridized carbons (Fsp3) is 0.385. The predicted octanol–water partition coefficient (Wildman–Crippen LogP) is 1.45. The molecule has 0 spiro atoms. The molecule has 0 N–H and O–H groups in total. The molecule has 3 rings (SSSR count). The Labute approximate surface area is 109 Å². The van der Waals surface area contributed by atoms with Gasteiger partial charge in [-0.15, -0.1) is 0 Å². The van der Waals surface area contributed by atoms with Gasteiger partial charge in [0.15, 0.2) is 5.58 Å². The monoisotopic (exact) mass is 262 g/mol. The maximum atomic E-state index is 11.7. The summed E-state index contributed by atoms with van der Waals surface area (Å²) in [6.07, 6.45) is 0. The molecule has 1 saturated heterocycles. The summed E-state index contributed by atoms with van der Waals surface area (Å²) < 4.78 is 15.7. The molecule has 6 nitrogen and oxygen atoms in total. The van der Waals surface area contributed by atoms with Crippen molar-refractivity contribution in [3.05, 3.63) is 23.8 Å². The molecule has 1 fully saturated rings. The average molecular weight is 262 g/mol. The number of morpholine rings is 1. The smallest absolute Gasteiger partial charge is 0.340 e. The third-order valence-corrected chi connectivity index (χ3v) is 3.09. The van der Waals surface area contributed by atoms with E-state index < -0.39 is 5.97 Å². The van der Waals surface area contributed by atoms with Gasteiger partial charge in [0, 0.05) is 13.1 Å². The molecule has 0 amide bonds. The lowest BCUT2D eigenvalue weighted by atomic mass is 10.2. The van der Waals surface area contributed by atoms with Crippen LogP contribution in [0.1, 0.15) is 10.4 Å². The predicted molar refractivity (Wildman–Crippen MR) is 68.4 cm³/mol. The first-order valence-electron chi connectivity index (χ1n) is 6.10. The Morgan fingerprint density at radius 2 is 2.16 bits per heavy atom. The minimum absolute atomic E-state index is 0.410. The maximum absolute atomic E-state index is 11.7. The highest BCUT2D eigenvalue weighted by Crippen LogP contribution is 2.25. The Morgan fingerprint density at radius 3 is 2.89 bits per heavy atom. The molecule has 1 aliphatic rings. The van der Waals surface area contributed by atoms with Gasteiger partial charge in [-0.2, -0.15) is 4.98 Å². The number of anilines is 1. The summed E-state index contributed by atoms with van der Waals surface area (Å²) >= 11 is 0. The van der Waals surface area contributed by atoms with Crippen LogP contribution in [0.2, 0.25) is 0 Å². The third kappa shape index (κ3) is 2.15. The average Bonchev–Trinajstić information content (AvgIpc) is 2.91. The van der Waals surface area contributed by atoms with Gasteiger partial charge >= 0.3 is 5.97 Å². The largest absolute Gasteiger partial charge is 0.465 e. The van der Waals surface area contributed by atoms with E-state index in [0.717, 1.165) is 13.1 Å². The second kappa shape index (κ2) is 4.89. The number of rotatable bonds is 2. The minimum atomic E-state index is -0.410. The quantitative estimate of drug-likeness (QED) is 0.763. The molecule has 1 aromatic carbocycles. The molecule has 2 heterocycles. The van der Waals surface area contributed by atoms with E-state index in [-0.39, 0.29) is 0 Å². The number of hydrogen-bond donors (Lipinski definition) is 0. The maximum Gasteiger partial charge on any atom is 0.340 e. The van der Waals surface area contributed by atoms with Crippen molar-refractivity contribution >= 4 is 23.1 Å². The van der Waals surface area contributed by atoms with Gasteiger partial charge in [-0.25, -0.2) is 4.79 Å². The summed E-state index contributed by atoms with van der Waals surface area (Å²) in [4.78, 5) is 18.1. The van der Waals surface area contributed by atoms with E-state index in [4.69, 9.17) is 13.9 Å². The summed E-state index contributed by atoms with van der Waals surface area (Å²) in [6, 6.07) is 5.75. The van der Waals surface area contributed by atoms with Crippen LogP contribution in [0, 0.1) is 0 Å². The highest BCUT2D eigenvalue weighted by Gasteiger charge is 2.20. The van der Waals surface area contributed by atoms with E-state index in [1.807, 2.05) is 4.90 Å². The first-order chi connectivity index (χ1) is 9.29. The molecule has 0 atom stereocenters. The number of carbonyl (C=O) groups is 1. The van der Waals surface area contributed by atoms with Gasteiger partial charge in [0.1, 0.15) is 5.52 Å². The number of carbonyl (C=O) groups excluding carboxylic acids is 1. The van der Waals surface area contributed by atoms with Gasteiger partial charge < -0.3 is 18.8 Å². The topological polar surface area (TPSA) is 64.8 Å². The van der Waals surface area contributed by atoms with Crippen LogP contribution >= 0.6 is 0 Å². The standard InChI is InChI=1S/C13H14N2O4/c1-17-12(16)9-3-2-4-10-11(9)14-13(19-10)15-5-7-18-8-6-15/h2-4H,5-8H2,1H3. The van der Waals surface area contributed by atoms with Crippen molar-refractivity contribution in [2.45, 2.75) is 0 Å². The van der Waals surface area contributed by atoms with Crippen molar-refractivity contribution in [1.29, 1.82) is 0 Å². The number of ether oxygens (including phenoxy) is 2. The number of aromatic nitrogens is 1. The lowest BCUT2D eigenvalue weighted by Gasteiger charge is -2.24. The molecule has 0 radical (unpaired) electrons. The lowest BCUT2D eigenvalue weighted by Crippen LogP contribution is -2.36. The number of esters is 1. The number of hydrogen-bond acceptors (Lipinski definition) is 6. The second-order valence-corrected chi connectivity index (χ2v) is 4.24. The summed E-state index contributed by atoms with van der Waals surface area (Å²) in [5.41, 5.74) is 1.54. The first-order valence-corrected chi connectivity index (χ1v) is 6.10. The number of oxazole rings is 1. The van der Waals surface area contributed by atoms with E-state index in [9.17, 15) is 4.79 Å². The highest BCUT2D eigenvalue weighted by atomic mass is 16.5. The van der Waals surface area contributed by atoms with E-state index >= 15 is 0 Å². The van der Waals surface area contributed by atoms with Crippen LogP contribution < -0.4 is 4.90 Å². The SMILES string of the molecule is COC(=O)c1cccc2oc(N3CCOCC3)nc12. The van der Waals surface area contributed by atoms with Crippen LogP contribution in [0.5, 0.6) is 0 Å². The minimum Gasteiger partial charge on any atom is -0.465 e. The van der Waals surface area contributed by atoms with Gasteiger partial charge in [-0.3, -0.25) is 0 Å². The Bertz CT molecular complexity index is 602. The van der Waals surface area contributed by atoms with Gasteiger partial charge in [0.05, 0.1) is 25.9 Å². The third-order valence-electron chi connectivity index (χ3n) is 3.09. The van der Waals surface area contributed by atoms with Gasteiger partial charge in [0.2, 0.25) is 0 Å². The van der Waals surface area contributed by atoms with Crippen molar-refractivity contribution in [1.82, 2.24) is 4.98 Å². The van der Waals surface area contributed by atoms with Crippen molar-refractivity contribution in [3.63, 3.8) is 0 Å². The number of benzene rings is 1. The molecular formula is C13H14N2O4. The van der Waals surface area contributed by atoms with Crippen molar-refractivity contribution < 1.29 is 18.7 Å². The molecule has 100 valence electrons. The molecule has 0 bridgehead atoms. The molecule has 0 aliphatic carbocycles. The number of nitrogens with zero attached hydrogens (tertiary/aromatic N) is 2. The first kappa shape index (κ1) is 12.0. The Hall–Kier alpha value is -2.08. The van der Waals surface area contributed by atoms with Gasteiger partial charge in [-0.1, -0.05) is 6.07 Å². The van der Waals surface area contributed by atoms with Crippen molar-refractivity contribution in [3.8, 4) is 0 Å². The normalized spacial score (nSPS) is 15.7. The second-order valence-electron chi connectivity index (χ2n) is 4.24. The number of methoxy groups -OCH3 is 1. The van der Waals surface area contributed by atoms with Crippen LogP contribution in [-0.2, 0) is 9.47 Å². The van der Waals surface area contributed by atoms with Crippen LogP contribution in [0.25, 0.3) is 11.1 Å². The summed E-state index contributed by atoms with van der Waals surface area (Å²) in [5, 5.41) is 0. The zero-order chi connectivity index (χ0) is 13.2. The molecular weight excluding hydrogens is 248 g/mol. The molecule has 0 unspecified atom stereocenters. The van der Waals surface area contributed by atoms with Crippen LogP contribution in [0.4, 0.5) is 6.01 Å². The van der Waals surface area contributed by atoms with Gasteiger partial charge in [0.25, 0.3) is 6.01 Å². The molecule has 0 saturated carbocycles. The molecule has 1 aromatic heterocycles. The van der Waals surface area contributed by atoms with Gasteiger partial charge in [-0.05, 0) is 12.1 Å². The van der Waals surface area contributed by atoms with Crippen LogP contribution in [-0.4, -0.2) is 44.4 Å². The molecule has 2 aromatic rings. The summed E-state index contributed by atoms with van der Waals surface area (Å²) in [6.45, 7) is 2.78. The van der Waals surface area contributed by atoms with Crippen molar-refractivity contribution in [2.75, 3.05) is 38.3 Å². The number of para-hydroxylation sites is 1. The number of fused-ring (bicyclic) bond motifs is 1. The highest BCUT2D eigenvalue weighted by molar-refractivity contribution is 6.01. The molecule has 1 aliphatic heterocycles. The zero-order valence-corrected chi connectivity index (χ0v) is 10.6. The summed E-state index contributed by atoms with van der Waals surface area (Å²) in [5.74, 6) is -0.410. The fourth-order valence-electron chi connectivity index (χ4n) is 2.10. The fourth-order valence-corrected chi connectivity index (χ4v) is 2.10. The lowest BCUT2D eigenvalue weighted by molar-refractivity contribution is 0.0602. The van der Waals surface area contributed by atoms with Crippen molar-refractivity contribution in [2.24, 2.45) is 0 Å². The van der Waals surface area contributed by atoms with E-state index in [2.05, 4.69) is 4.98 Å². The van der Waals surface area contributed by atoms with E-state index in [0.29, 0.717) is 35.9 Å². The van der Waals surface area contributed by atoms with Crippen LogP contribution in [0.15, 0.2) is 22.6 Å².